The molecule has 1 fully saturated rings. The minimum absolute atomic E-state index is 0.258. The highest BCUT2D eigenvalue weighted by molar-refractivity contribution is 7.89. The molecular formula is C17H24N4O2S. The molecule has 1 unspecified atom stereocenters. The van der Waals surface area contributed by atoms with E-state index in [9.17, 15) is 8.42 Å². The first-order valence-corrected chi connectivity index (χ1v) is 9.71. The molecule has 1 N–H and O–H groups in total. The van der Waals surface area contributed by atoms with E-state index < -0.39 is 10.0 Å². The highest BCUT2D eigenvalue weighted by Gasteiger charge is 2.31. The van der Waals surface area contributed by atoms with E-state index in [4.69, 9.17) is 0 Å². The predicted octanol–water partition coefficient (Wildman–Crippen LogP) is 1.80. The van der Waals surface area contributed by atoms with Gasteiger partial charge < -0.3 is 5.32 Å². The third kappa shape index (κ3) is 3.53. The van der Waals surface area contributed by atoms with Gasteiger partial charge in [-0.3, -0.25) is 0 Å². The number of aromatic nitrogens is 2. The maximum Gasteiger partial charge on any atom is 0.246 e. The van der Waals surface area contributed by atoms with Crippen molar-refractivity contribution in [3.63, 3.8) is 0 Å². The molecule has 130 valence electrons. The number of rotatable bonds is 5. The Labute approximate surface area is 143 Å². The quantitative estimate of drug-likeness (QED) is 0.895. The summed E-state index contributed by atoms with van der Waals surface area (Å²) >= 11 is 0. The maximum absolute atomic E-state index is 12.9. The van der Waals surface area contributed by atoms with Crippen molar-refractivity contribution in [3.8, 4) is 5.69 Å². The van der Waals surface area contributed by atoms with Crippen molar-refractivity contribution in [2.24, 2.45) is 5.92 Å². The molecule has 2 aromatic rings. The summed E-state index contributed by atoms with van der Waals surface area (Å²) in [5.41, 5.74) is 2.01. The molecule has 0 bridgehead atoms. The van der Waals surface area contributed by atoms with Crippen LogP contribution in [0.2, 0.25) is 0 Å². The Bertz CT molecular complexity index is 781. The number of nitrogens with zero attached hydrogens (tertiary/aromatic N) is 3. The summed E-state index contributed by atoms with van der Waals surface area (Å²) < 4.78 is 29.0. The standard InChI is InChI=1S/C17H24N4O2S/c1-14-5-7-16(8-6-14)21-13-17(11-19-21)24(22,23)20-9-3-4-15(12-20)10-18-2/h5-8,11,13,15,18H,3-4,9-10,12H2,1-2H3. The van der Waals surface area contributed by atoms with E-state index in [1.54, 1.807) is 15.2 Å². The van der Waals surface area contributed by atoms with Gasteiger partial charge in [0.1, 0.15) is 4.90 Å². The summed E-state index contributed by atoms with van der Waals surface area (Å²) in [4.78, 5) is 0.258. The first kappa shape index (κ1) is 17.1. The third-order valence-corrected chi connectivity index (χ3v) is 6.29. The van der Waals surface area contributed by atoms with E-state index in [0.29, 0.717) is 19.0 Å². The normalized spacial score (nSPS) is 19.5. The molecule has 1 aliphatic heterocycles. The zero-order chi connectivity index (χ0) is 17.2. The average Bonchev–Trinajstić information content (AvgIpc) is 3.07. The largest absolute Gasteiger partial charge is 0.319 e. The van der Waals surface area contributed by atoms with Gasteiger partial charge in [-0.1, -0.05) is 17.7 Å². The lowest BCUT2D eigenvalue weighted by atomic mass is 10.00. The van der Waals surface area contributed by atoms with Gasteiger partial charge in [0.15, 0.2) is 0 Å². The molecular weight excluding hydrogens is 324 g/mol. The summed E-state index contributed by atoms with van der Waals surface area (Å²) in [7, 11) is -1.58. The summed E-state index contributed by atoms with van der Waals surface area (Å²) in [6.07, 6.45) is 5.01. The van der Waals surface area contributed by atoms with Crippen LogP contribution in [-0.4, -0.2) is 49.2 Å². The topological polar surface area (TPSA) is 67.2 Å². The van der Waals surface area contributed by atoms with Gasteiger partial charge in [-0.25, -0.2) is 13.1 Å². The fourth-order valence-corrected chi connectivity index (χ4v) is 4.62. The van der Waals surface area contributed by atoms with Crippen molar-refractivity contribution < 1.29 is 8.42 Å². The second-order valence-corrected chi connectivity index (χ2v) is 8.32. The van der Waals surface area contributed by atoms with Crippen LogP contribution in [0, 0.1) is 12.8 Å². The van der Waals surface area contributed by atoms with Crippen molar-refractivity contribution >= 4 is 10.0 Å². The maximum atomic E-state index is 12.9. The molecule has 7 heteroatoms. The number of benzene rings is 1. The molecule has 0 spiro atoms. The van der Waals surface area contributed by atoms with Gasteiger partial charge in [-0.15, -0.1) is 0 Å². The van der Waals surface area contributed by atoms with Gasteiger partial charge in [0, 0.05) is 13.1 Å². The minimum atomic E-state index is -3.49. The second kappa shape index (κ2) is 7.04. The molecule has 1 aliphatic rings. The van der Waals surface area contributed by atoms with E-state index in [-0.39, 0.29) is 4.90 Å². The number of hydrogen-bond acceptors (Lipinski definition) is 4. The van der Waals surface area contributed by atoms with E-state index in [1.807, 2.05) is 38.2 Å². The SMILES string of the molecule is CNCC1CCCN(S(=O)(=O)c2cnn(-c3ccc(C)cc3)c2)C1. The van der Waals surface area contributed by atoms with E-state index in [2.05, 4.69) is 10.4 Å². The Hall–Kier alpha value is -1.70. The van der Waals surface area contributed by atoms with Gasteiger partial charge in [0.25, 0.3) is 0 Å². The molecule has 3 rings (SSSR count). The lowest BCUT2D eigenvalue weighted by Crippen LogP contribution is -2.42. The van der Waals surface area contributed by atoms with Gasteiger partial charge in [0.05, 0.1) is 18.1 Å². The Balaban J connectivity index is 1.81. The summed E-state index contributed by atoms with van der Waals surface area (Å²) in [6.45, 7) is 4.01. The van der Waals surface area contributed by atoms with Crippen LogP contribution in [0.15, 0.2) is 41.6 Å². The minimum Gasteiger partial charge on any atom is -0.319 e. The number of aryl methyl sites for hydroxylation is 1. The number of sulfonamides is 1. The van der Waals surface area contributed by atoms with Crippen molar-refractivity contribution in [2.75, 3.05) is 26.7 Å². The average molecular weight is 348 g/mol. The number of piperidine rings is 1. The predicted molar refractivity (Wildman–Crippen MR) is 93.7 cm³/mol. The van der Waals surface area contributed by atoms with Crippen molar-refractivity contribution in [3.05, 3.63) is 42.2 Å². The molecule has 1 aromatic heterocycles. The van der Waals surface area contributed by atoms with Crippen LogP contribution in [0.3, 0.4) is 0 Å². The Morgan fingerprint density at radius 2 is 2.04 bits per heavy atom. The fourth-order valence-electron chi connectivity index (χ4n) is 3.13. The summed E-state index contributed by atoms with van der Waals surface area (Å²) in [5, 5.41) is 7.37. The van der Waals surface area contributed by atoms with Gasteiger partial charge >= 0.3 is 0 Å². The highest BCUT2D eigenvalue weighted by Crippen LogP contribution is 2.23. The highest BCUT2D eigenvalue weighted by atomic mass is 32.2. The van der Waals surface area contributed by atoms with Crippen molar-refractivity contribution in [1.29, 1.82) is 0 Å². The molecule has 0 amide bonds. The molecule has 1 saturated heterocycles. The van der Waals surface area contributed by atoms with Crippen molar-refractivity contribution in [1.82, 2.24) is 19.4 Å². The molecule has 2 heterocycles. The first-order valence-electron chi connectivity index (χ1n) is 8.27. The van der Waals surface area contributed by atoms with E-state index >= 15 is 0 Å². The first-order chi connectivity index (χ1) is 11.5. The van der Waals surface area contributed by atoms with Crippen LogP contribution in [0.1, 0.15) is 18.4 Å². The zero-order valence-corrected chi connectivity index (χ0v) is 15.0. The van der Waals surface area contributed by atoms with Gasteiger partial charge in [0.2, 0.25) is 10.0 Å². The summed E-state index contributed by atoms with van der Waals surface area (Å²) in [6, 6.07) is 7.83. The van der Waals surface area contributed by atoms with Gasteiger partial charge in [-0.05, 0) is 51.4 Å². The molecule has 24 heavy (non-hydrogen) atoms. The third-order valence-electron chi connectivity index (χ3n) is 4.47. The van der Waals surface area contributed by atoms with Crippen LogP contribution in [0.4, 0.5) is 0 Å². The van der Waals surface area contributed by atoms with Crippen molar-refractivity contribution in [2.45, 2.75) is 24.7 Å². The van der Waals surface area contributed by atoms with E-state index in [0.717, 1.165) is 30.6 Å². The number of nitrogens with one attached hydrogen (secondary N) is 1. The smallest absolute Gasteiger partial charge is 0.246 e. The Morgan fingerprint density at radius 1 is 1.29 bits per heavy atom. The molecule has 6 nitrogen and oxygen atoms in total. The van der Waals surface area contributed by atoms with Crippen LogP contribution in [0.25, 0.3) is 5.69 Å². The Kier molecular flexibility index (Phi) is 5.03. The van der Waals surface area contributed by atoms with Crippen LogP contribution < -0.4 is 5.32 Å². The lowest BCUT2D eigenvalue weighted by molar-refractivity contribution is 0.263. The fraction of sp³-hybridized carbons (Fsp3) is 0.471. The Morgan fingerprint density at radius 3 is 2.75 bits per heavy atom. The zero-order valence-electron chi connectivity index (χ0n) is 14.1. The monoisotopic (exact) mass is 348 g/mol. The van der Waals surface area contributed by atoms with Crippen LogP contribution in [-0.2, 0) is 10.0 Å². The molecule has 0 radical (unpaired) electrons. The lowest BCUT2D eigenvalue weighted by Gasteiger charge is -2.31. The molecule has 1 aromatic carbocycles. The van der Waals surface area contributed by atoms with E-state index in [1.165, 1.54) is 6.20 Å². The molecule has 0 saturated carbocycles. The van der Waals surface area contributed by atoms with Crippen LogP contribution in [0.5, 0.6) is 0 Å². The molecule has 1 atom stereocenters. The second-order valence-electron chi connectivity index (χ2n) is 6.39. The summed E-state index contributed by atoms with van der Waals surface area (Å²) in [5.74, 6) is 0.366. The number of hydrogen-bond donors (Lipinski definition) is 1. The van der Waals surface area contributed by atoms with Crippen LogP contribution >= 0.6 is 0 Å². The molecule has 0 aliphatic carbocycles. The van der Waals surface area contributed by atoms with Gasteiger partial charge in [-0.2, -0.15) is 9.40 Å².